The van der Waals surface area contributed by atoms with E-state index < -0.39 is 6.04 Å². The first-order chi connectivity index (χ1) is 18.9. The highest BCUT2D eigenvalue weighted by Gasteiger charge is 2.32. The number of nitrogens with zero attached hydrogens (tertiary/aromatic N) is 1. The first-order valence-corrected chi connectivity index (χ1v) is 13.2. The molecule has 0 unspecified atom stereocenters. The molecule has 4 rings (SSSR count). The summed E-state index contributed by atoms with van der Waals surface area (Å²) < 4.78 is 4.74. The molecule has 2 atom stereocenters. The van der Waals surface area contributed by atoms with Gasteiger partial charge in [-0.05, 0) is 66.9 Å². The Kier molecular flexibility index (Phi) is 9.33. The fraction of sp³-hybridized carbons (Fsp3) is 0.323. The van der Waals surface area contributed by atoms with Gasteiger partial charge in [0, 0.05) is 31.2 Å². The van der Waals surface area contributed by atoms with Crippen LogP contribution in [0.1, 0.15) is 39.5 Å². The molecule has 0 aromatic heterocycles. The standard InChI is InChI=1S/C31H36N4O4/c1-21-16-25-6-4-5-7-26(25)20-35(21)30(37)28(34-29(36)19-32-2)17-22-10-14-27(15-11-22)33-18-23-8-12-24(13-9-23)31(38)39-3/h4-15,21,28,32-33H,16-20H2,1-3H3,(H,34,36)/t21-,28+/m1/s1. The fourth-order valence-corrected chi connectivity index (χ4v) is 4.86. The van der Waals surface area contributed by atoms with E-state index in [-0.39, 0.29) is 30.4 Å². The van der Waals surface area contributed by atoms with E-state index >= 15 is 0 Å². The van der Waals surface area contributed by atoms with E-state index in [1.807, 2.05) is 53.4 Å². The van der Waals surface area contributed by atoms with Gasteiger partial charge in [0.2, 0.25) is 11.8 Å². The number of benzene rings is 3. The molecular weight excluding hydrogens is 492 g/mol. The number of methoxy groups -OCH3 is 1. The molecule has 3 aromatic carbocycles. The number of rotatable bonds is 10. The lowest BCUT2D eigenvalue weighted by Crippen LogP contribution is -2.54. The van der Waals surface area contributed by atoms with Crippen molar-refractivity contribution in [1.29, 1.82) is 0 Å². The highest BCUT2D eigenvalue weighted by Crippen LogP contribution is 2.24. The van der Waals surface area contributed by atoms with Crippen LogP contribution in [0.4, 0.5) is 5.69 Å². The largest absolute Gasteiger partial charge is 0.465 e. The Morgan fingerprint density at radius 2 is 1.62 bits per heavy atom. The van der Waals surface area contributed by atoms with Crippen molar-refractivity contribution in [2.45, 2.75) is 44.9 Å². The van der Waals surface area contributed by atoms with Gasteiger partial charge in [-0.25, -0.2) is 4.79 Å². The minimum Gasteiger partial charge on any atom is -0.465 e. The Bertz CT molecular complexity index is 1290. The molecule has 1 heterocycles. The van der Waals surface area contributed by atoms with Gasteiger partial charge in [0.05, 0.1) is 19.2 Å². The van der Waals surface area contributed by atoms with Crippen LogP contribution in [0.3, 0.4) is 0 Å². The normalized spacial score (nSPS) is 15.2. The third-order valence-electron chi connectivity index (χ3n) is 7.03. The summed E-state index contributed by atoms with van der Waals surface area (Å²) in [5.41, 5.74) is 5.85. The monoisotopic (exact) mass is 528 g/mol. The summed E-state index contributed by atoms with van der Waals surface area (Å²) in [5.74, 6) is -0.639. The van der Waals surface area contributed by atoms with Crippen LogP contribution in [0.25, 0.3) is 0 Å². The second kappa shape index (κ2) is 13.1. The zero-order valence-electron chi connectivity index (χ0n) is 22.7. The van der Waals surface area contributed by atoms with E-state index in [0.29, 0.717) is 25.1 Å². The topological polar surface area (TPSA) is 99.8 Å². The fourth-order valence-electron chi connectivity index (χ4n) is 4.86. The van der Waals surface area contributed by atoms with Crippen LogP contribution in [0.15, 0.2) is 72.8 Å². The van der Waals surface area contributed by atoms with Gasteiger partial charge < -0.3 is 25.6 Å². The van der Waals surface area contributed by atoms with Gasteiger partial charge in [0.1, 0.15) is 6.04 Å². The Hall–Kier alpha value is -4.17. The SMILES string of the molecule is CNCC(=O)N[C@@H](Cc1ccc(NCc2ccc(C(=O)OC)cc2)cc1)C(=O)N1Cc2ccccc2C[C@H]1C. The number of fused-ring (bicyclic) bond motifs is 1. The molecule has 0 radical (unpaired) electrons. The van der Waals surface area contributed by atoms with Crippen molar-refractivity contribution in [2.24, 2.45) is 0 Å². The maximum absolute atomic E-state index is 13.7. The second-order valence-corrected chi connectivity index (χ2v) is 9.88. The Balaban J connectivity index is 1.41. The first-order valence-electron chi connectivity index (χ1n) is 13.2. The lowest BCUT2D eigenvalue weighted by Gasteiger charge is -2.37. The maximum atomic E-state index is 13.7. The van der Waals surface area contributed by atoms with E-state index in [4.69, 9.17) is 4.74 Å². The molecule has 0 saturated heterocycles. The Morgan fingerprint density at radius 1 is 0.949 bits per heavy atom. The predicted molar refractivity (Wildman–Crippen MR) is 151 cm³/mol. The molecule has 8 nitrogen and oxygen atoms in total. The summed E-state index contributed by atoms with van der Waals surface area (Å²) in [6.45, 7) is 3.34. The number of likely N-dealkylation sites (N-methyl/N-ethyl adjacent to an activating group) is 1. The molecule has 39 heavy (non-hydrogen) atoms. The Morgan fingerprint density at radius 3 is 2.28 bits per heavy atom. The molecule has 0 bridgehead atoms. The molecule has 0 saturated carbocycles. The second-order valence-electron chi connectivity index (χ2n) is 9.88. The number of hydrogen-bond donors (Lipinski definition) is 3. The van der Waals surface area contributed by atoms with Crippen molar-refractivity contribution >= 4 is 23.5 Å². The highest BCUT2D eigenvalue weighted by atomic mass is 16.5. The molecular formula is C31H36N4O4. The van der Waals surface area contributed by atoms with Crippen LogP contribution in [0.5, 0.6) is 0 Å². The van der Waals surface area contributed by atoms with Crippen LogP contribution in [0.2, 0.25) is 0 Å². The van der Waals surface area contributed by atoms with Gasteiger partial charge in [-0.15, -0.1) is 0 Å². The minimum absolute atomic E-state index is 0.0457. The number of ether oxygens (including phenoxy) is 1. The Labute approximate surface area is 229 Å². The third-order valence-corrected chi connectivity index (χ3v) is 7.03. The van der Waals surface area contributed by atoms with Crippen molar-refractivity contribution < 1.29 is 19.1 Å². The van der Waals surface area contributed by atoms with Crippen molar-refractivity contribution in [3.8, 4) is 0 Å². The summed E-state index contributed by atoms with van der Waals surface area (Å²) in [6, 6.07) is 22.7. The summed E-state index contributed by atoms with van der Waals surface area (Å²) in [5, 5.41) is 9.17. The molecule has 0 fully saturated rings. The summed E-state index contributed by atoms with van der Waals surface area (Å²) in [4.78, 5) is 39.7. The van der Waals surface area contributed by atoms with Crippen LogP contribution in [-0.2, 0) is 40.3 Å². The van der Waals surface area contributed by atoms with Crippen molar-refractivity contribution in [1.82, 2.24) is 15.5 Å². The van der Waals surface area contributed by atoms with Gasteiger partial charge in [-0.3, -0.25) is 9.59 Å². The van der Waals surface area contributed by atoms with E-state index in [1.54, 1.807) is 19.2 Å². The van der Waals surface area contributed by atoms with Crippen LogP contribution in [0, 0.1) is 0 Å². The lowest BCUT2D eigenvalue weighted by molar-refractivity contribution is -0.139. The van der Waals surface area contributed by atoms with Crippen molar-refractivity contribution in [3.63, 3.8) is 0 Å². The zero-order chi connectivity index (χ0) is 27.8. The smallest absolute Gasteiger partial charge is 0.337 e. The average Bonchev–Trinajstić information content (AvgIpc) is 2.95. The predicted octanol–water partition coefficient (Wildman–Crippen LogP) is 3.31. The van der Waals surface area contributed by atoms with E-state index in [2.05, 4.69) is 35.0 Å². The number of carbonyl (C=O) groups excluding carboxylic acids is 3. The number of esters is 1. The molecule has 0 spiro atoms. The molecule has 3 N–H and O–H groups in total. The number of hydrogen-bond acceptors (Lipinski definition) is 6. The van der Waals surface area contributed by atoms with Crippen molar-refractivity contribution in [2.75, 3.05) is 26.0 Å². The van der Waals surface area contributed by atoms with Crippen LogP contribution >= 0.6 is 0 Å². The summed E-state index contributed by atoms with van der Waals surface area (Å²) >= 11 is 0. The van der Waals surface area contributed by atoms with Crippen LogP contribution in [-0.4, -0.2) is 55.5 Å². The molecule has 0 aliphatic carbocycles. The molecule has 204 valence electrons. The molecule has 1 aliphatic heterocycles. The van der Waals surface area contributed by atoms with Gasteiger partial charge >= 0.3 is 5.97 Å². The van der Waals surface area contributed by atoms with E-state index in [1.165, 1.54) is 12.7 Å². The average molecular weight is 529 g/mol. The van der Waals surface area contributed by atoms with Crippen molar-refractivity contribution in [3.05, 3.63) is 101 Å². The molecule has 3 aromatic rings. The zero-order valence-corrected chi connectivity index (χ0v) is 22.7. The highest BCUT2D eigenvalue weighted by molar-refractivity contribution is 5.89. The van der Waals surface area contributed by atoms with Gasteiger partial charge in [-0.1, -0.05) is 48.5 Å². The van der Waals surface area contributed by atoms with Crippen LogP contribution < -0.4 is 16.0 Å². The number of carbonyl (C=O) groups is 3. The summed E-state index contributed by atoms with van der Waals surface area (Å²) in [6.07, 6.45) is 1.19. The third kappa shape index (κ3) is 7.23. The maximum Gasteiger partial charge on any atom is 0.337 e. The van der Waals surface area contributed by atoms with E-state index in [9.17, 15) is 14.4 Å². The molecule has 1 aliphatic rings. The quantitative estimate of drug-likeness (QED) is 0.349. The number of amides is 2. The van der Waals surface area contributed by atoms with Gasteiger partial charge in [-0.2, -0.15) is 0 Å². The molecule has 2 amide bonds. The lowest BCUT2D eigenvalue weighted by atomic mass is 9.93. The van der Waals surface area contributed by atoms with Gasteiger partial charge in [0.25, 0.3) is 0 Å². The van der Waals surface area contributed by atoms with E-state index in [0.717, 1.165) is 28.8 Å². The number of anilines is 1. The summed E-state index contributed by atoms with van der Waals surface area (Å²) in [7, 11) is 3.07. The minimum atomic E-state index is -0.661. The molecule has 8 heteroatoms. The van der Waals surface area contributed by atoms with Gasteiger partial charge in [0.15, 0.2) is 0 Å². The number of nitrogens with one attached hydrogen (secondary N) is 3. The first kappa shape index (κ1) is 27.9.